The van der Waals surface area contributed by atoms with Crippen LogP contribution in [0, 0.1) is 0 Å². The van der Waals surface area contributed by atoms with Crippen molar-refractivity contribution in [2.24, 2.45) is 0 Å². The standard InChI is InChI=1S/C10H12BrF3N2OS/c1-2-15-9(17)8(16-5-10(12,13)14)7-3-6(11)4-18-7/h3-4,8,16H,2,5H2,1H3,(H,15,17)/t8-/m0/s1. The average Bonchev–Trinajstić information content (AvgIpc) is 2.64. The van der Waals surface area contributed by atoms with Crippen molar-refractivity contribution in [1.29, 1.82) is 0 Å². The van der Waals surface area contributed by atoms with Gasteiger partial charge in [0.05, 0.1) is 6.54 Å². The molecule has 1 rings (SSSR count). The molecular formula is C10H12BrF3N2OS. The summed E-state index contributed by atoms with van der Waals surface area (Å²) in [7, 11) is 0. The van der Waals surface area contributed by atoms with Crippen molar-refractivity contribution >= 4 is 33.2 Å². The zero-order valence-electron chi connectivity index (χ0n) is 9.47. The van der Waals surface area contributed by atoms with Gasteiger partial charge in [0.1, 0.15) is 6.04 Å². The Hall–Kier alpha value is -0.600. The summed E-state index contributed by atoms with van der Waals surface area (Å²) < 4.78 is 37.3. The van der Waals surface area contributed by atoms with E-state index in [1.807, 2.05) is 0 Å². The molecule has 0 unspecified atom stereocenters. The van der Waals surface area contributed by atoms with E-state index in [0.717, 1.165) is 4.47 Å². The highest BCUT2D eigenvalue weighted by atomic mass is 79.9. The highest BCUT2D eigenvalue weighted by Gasteiger charge is 2.31. The molecule has 3 nitrogen and oxygen atoms in total. The van der Waals surface area contributed by atoms with Gasteiger partial charge in [0, 0.05) is 21.3 Å². The Morgan fingerprint density at radius 2 is 2.22 bits per heavy atom. The largest absolute Gasteiger partial charge is 0.401 e. The van der Waals surface area contributed by atoms with Gasteiger partial charge in [0.2, 0.25) is 5.91 Å². The minimum absolute atomic E-state index is 0.371. The predicted molar refractivity (Wildman–Crippen MR) is 67.5 cm³/mol. The van der Waals surface area contributed by atoms with Gasteiger partial charge in [-0.2, -0.15) is 13.2 Å². The molecule has 1 aromatic rings. The number of nitrogens with one attached hydrogen (secondary N) is 2. The van der Waals surface area contributed by atoms with Crippen LogP contribution in [0.4, 0.5) is 13.2 Å². The van der Waals surface area contributed by atoms with Crippen molar-refractivity contribution in [3.05, 3.63) is 20.8 Å². The molecule has 0 aliphatic carbocycles. The molecule has 0 aliphatic heterocycles. The minimum atomic E-state index is -4.35. The molecule has 0 saturated heterocycles. The maximum Gasteiger partial charge on any atom is 0.401 e. The number of carbonyl (C=O) groups is 1. The van der Waals surface area contributed by atoms with E-state index in [1.54, 1.807) is 18.4 Å². The lowest BCUT2D eigenvalue weighted by Crippen LogP contribution is -2.40. The third-order valence-electron chi connectivity index (χ3n) is 1.99. The van der Waals surface area contributed by atoms with Gasteiger partial charge in [-0.1, -0.05) is 0 Å². The van der Waals surface area contributed by atoms with Gasteiger partial charge in [-0.15, -0.1) is 11.3 Å². The Balaban J connectivity index is 2.78. The Morgan fingerprint density at radius 3 is 2.67 bits per heavy atom. The first kappa shape index (κ1) is 15.5. The first-order valence-electron chi connectivity index (χ1n) is 5.15. The maximum atomic E-state index is 12.2. The SMILES string of the molecule is CCNC(=O)[C@@H](NCC(F)(F)F)c1cc(Br)cs1. The number of rotatable bonds is 5. The van der Waals surface area contributed by atoms with Crippen molar-refractivity contribution in [2.75, 3.05) is 13.1 Å². The predicted octanol–water partition coefficient (Wildman–Crippen LogP) is 2.84. The average molecular weight is 345 g/mol. The second-order valence-electron chi connectivity index (χ2n) is 3.49. The Kier molecular flexibility index (Phi) is 5.61. The third-order valence-corrected chi connectivity index (χ3v) is 3.75. The smallest absolute Gasteiger partial charge is 0.355 e. The van der Waals surface area contributed by atoms with Gasteiger partial charge in [-0.05, 0) is 28.9 Å². The molecular weight excluding hydrogens is 333 g/mol. The molecule has 1 aromatic heterocycles. The van der Waals surface area contributed by atoms with Crippen LogP contribution in [0.2, 0.25) is 0 Å². The fraction of sp³-hybridized carbons (Fsp3) is 0.500. The molecule has 0 radical (unpaired) electrons. The van der Waals surface area contributed by atoms with Gasteiger partial charge in [0.25, 0.3) is 0 Å². The summed E-state index contributed by atoms with van der Waals surface area (Å²) in [5.41, 5.74) is 0. The van der Waals surface area contributed by atoms with Crippen LogP contribution in [0.25, 0.3) is 0 Å². The van der Waals surface area contributed by atoms with Crippen LogP contribution >= 0.6 is 27.3 Å². The van der Waals surface area contributed by atoms with Crippen LogP contribution in [0.5, 0.6) is 0 Å². The summed E-state index contributed by atoms with van der Waals surface area (Å²) in [6.45, 7) is 0.878. The molecule has 0 fully saturated rings. The van der Waals surface area contributed by atoms with E-state index in [2.05, 4.69) is 26.6 Å². The third kappa shape index (κ3) is 4.95. The Bertz CT molecular complexity index is 408. The number of amides is 1. The fourth-order valence-electron chi connectivity index (χ4n) is 1.30. The number of hydrogen-bond donors (Lipinski definition) is 2. The first-order valence-corrected chi connectivity index (χ1v) is 6.82. The van der Waals surface area contributed by atoms with Crippen molar-refractivity contribution in [3.63, 3.8) is 0 Å². The summed E-state index contributed by atoms with van der Waals surface area (Å²) in [6.07, 6.45) is -4.35. The van der Waals surface area contributed by atoms with E-state index >= 15 is 0 Å². The number of carbonyl (C=O) groups excluding carboxylic acids is 1. The van der Waals surface area contributed by atoms with Crippen molar-refractivity contribution in [1.82, 2.24) is 10.6 Å². The molecule has 0 aliphatic rings. The number of hydrogen-bond acceptors (Lipinski definition) is 3. The van der Waals surface area contributed by atoms with Gasteiger partial charge >= 0.3 is 6.18 Å². The lowest BCUT2D eigenvalue weighted by Gasteiger charge is -2.17. The van der Waals surface area contributed by atoms with Crippen molar-refractivity contribution < 1.29 is 18.0 Å². The molecule has 1 heterocycles. The Morgan fingerprint density at radius 1 is 1.56 bits per heavy atom. The number of alkyl halides is 3. The molecule has 1 atom stereocenters. The summed E-state index contributed by atoms with van der Waals surface area (Å²) in [6, 6.07) is 0.649. The van der Waals surface area contributed by atoms with Crippen molar-refractivity contribution in [3.8, 4) is 0 Å². The van der Waals surface area contributed by atoms with Crippen LogP contribution in [-0.4, -0.2) is 25.2 Å². The van der Waals surface area contributed by atoms with E-state index in [1.165, 1.54) is 11.3 Å². The fourth-order valence-corrected chi connectivity index (χ4v) is 2.81. The van der Waals surface area contributed by atoms with E-state index in [-0.39, 0.29) is 0 Å². The highest BCUT2D eigenvalue weighted by Crippen LogP contribution is 2.26. The second kappa shape index (κ2) is 6.53. The molecule has 8 heteroatoms. The normalized spacial score (nSPS) is 13.4. The lowest BCUT2D eigenvalue weighted by molar-refractivity contribution is -0.132. The minimum Gasteiger partial charge on any atom is -0.355 e. The summed E-state index contributed by atoms with van der Waals surface area (Å²) in [5.74, 6) is -0.462. The molecule has 0 saturated carbocycles. The van der Waals surface area contributed by atoms with Crippen LogP contribution in [0.15, 0.2) is 15.9 Å². The van der Waals surface area contributed by atoms with E-state index < -0.39 is 24.7 Å². The van der Waals surface area contributed by atoms with Crippen LogP contribution in [-0.2, 0) is 4.79 Å². The summed E-state index contributed by atoms with van der Waals surface area (Å²) >= 11 is 4.43. The van der Waals surface area contributed by atoms with Gasteiger partial charge in [-0.25, -0.2) is 0 Å². The first-order chi connectivity index (χ1) is 8.33. The van der Waals surface area contributed by atoms with Gasteiger partial charge in [0.15, 0.2) is 0 Å². The van der Waals surface area contributed by atoms with Crippen LogP contribution in [0.1, 0.15) is 17.8 Å². The van der Waals surface area contributed by atoms with E-state index in [4.69, 9.17) is 0 Å². The quantitative estimate of drug-likeness (QED) is 0.862. The summed E-state index contributed by atoms with van der Waals surface area (Å²) in [5, 5.41) is 6.46. The zero-order chi connectivity index (χ0) is 13.8. The molecule has 0 aromatic carbocycles. The van der Waals surface area contributed by atoms with Gasteiger partial charge < -0.3 is 5.32 Å². The molecule has 102 valence electrons. The number of likely N-dealkylation sites (N-methyl/N-ethyl adjacent to an activating group) is 1. The monoisotopic (exact) mass is 344 g/mol. The second-order valence-corrected chi connectivity index (χ2v) is 5.35. The van der Waals surface area contributed by atoms with E-state index in [0.29, 0.717) is 11.4 Å². The highest BCUT2D eigenvalue weighted by molar-refractivity contribution is 9.10. The van der Waals surface area contributed by atoms with Crippen LogP contribution < -0.4 is 10.6 Å². The van der Waals surface area contributed by atoms with E-state index in [9.17, 15) is 18.0 Å². The maximum absolute atomic E-state index is 12.2. The number of halogens is 4. The molecule has 1 amide bonds. The lowest BCUT2D eigenvalue weighted by atomic mass is 10.2. The Labute approximate surface area is 115 Å². The molecule has 2 N–H and O–H groups in total. The van der Waals surface area contributed by atoms with Crippen molar-refractivity contribution in [2.45, 2.75) is 19.1 Å². The molecule has 18 heavy (non-hydrogen) atoms. The molecule has 0 bridgehead atoms. The topological polar surface area (TPSA) is 41.1 Å². The zero-order valence-corrected chi connectivity index (χ0v) is 11.9. The van der Waals surface area contributed by atoms with Crippen LogP contribution in [0.3, 0.4) is 0 Å². The summed E-state index contributed by atoms with van der Waals surface area (Å²) in [4.78, 5) is 12.3. The van der Waals surface area contributed by atoms with Gasteiger partial charge in [-0.3, -0.25) is 10.1 Å². The number of thiophene rings is 1. The molecule has 0 spiro atoms.